The zero-order valence-electron chi connectivity index (χ0n) is 47.3. The summed E-state index contributed by atoms with van der Waals surface area (Å²) < 4.78 is 53.7. The molecular weight excluding hydrogens is 1050 g/mol. The third-order valence-corrected chi connectivity index (χ3v) is 15.3. The van der Waals surface area contributed by atoms with Crippen molar-refractivity contribution in [2.75, 3.05) is 13.2 Å². The Morgan fingerprint density at radius 2 is 0.500 bits per heavy atom. The summed E-state index contributed by atoms with van der Waals surface area (Å²) in [5.41, 5.74) is 7.62. The van der Waals surface area contributed by atoms with E-state index >= 15 is 9.59 Å². The predicted octanol–water partition coefficient (Wildman–Crippen LogP) is 13.9. The molecule has 12 heteroatoms. The minimum atomic E-state index is -0.646. The predicted molar refractivity (Wildman–Crippen MR) is 323 cm³/mol. The summed E-state index contributed by atoms with van der Waals surface area (Å²) in [5, 5.41) is 0. The molecular formula is C72H74N2O10. The SMILES string of the molecule is O=C(OCc1ccccc1)N1[C@H](C/C=C/C[C@H]2[C@H](OCc3ccccc3)[C@H](OCc3ccccc3)[C@@H](COCc3ccccc3)N2C(=O)OCc2ccccc2)[C@@H](OCc2ccccc2)[C@H](OCc2ccccc2)[C@H]1COCc1ccccc1. The van der Waals surface area contributed by atoms with Gasteiger partial charge in [-0.05, 0) is 57.3 Å². The number of carbonyl (C=O) groups is 2. The third-order valence-electron chi connectivity index (χ3n) is 15.3. The highest BCUT2D eigenvalue weighted by Gasteiger charge is 2.54. The Kier molecular flexibility index (Phi) is 22.1. The van der Waals surface area contributed by atoms with E-state index in [9.17, 15) is 0 Å². The number of rotatable bonds is 28. The molecule has 2 fully saturated rings. The molecule has 8 aromatic rings. The van der Waals surface area contributed by atoms with Crippen LogP contribution in [0.3, 0.4) is 0 Å². The van der Waals surface area contributed by atoms with Crippen LogP contribution >= 0.6 is 0 Å². The van der Waals surface area contributed by atoms with Crippen molar-refractivity contribution in [3.63, 3.8) is 0 Å². The molecule has 10 rings (SSSR count). The lowest BCUT2D eigenvalue weighted by atomic mass is 10.0. The van der Waals surface area contributed by atoms with Crippen LogP contribution in [-0.2, 0) is 90.7 Å². The van der Waals surface area contributed by atoms with E-state index in [-0.39, 0.29) is 52.9 Å². The molecule has 8 atom stereocenters. The van der Waals surface area contributed by atoms with Crippen LogP contribution in [0.25, 0.3) is 0 Å². The van der Waals surface area contributed by atoms with Crippen molar-refractivity contribution in [1.29, 1.82) is 0 Å². The maximum Gasteiger partial charge on any atom is 0.410 e. The Morgan fingerprint density at radius 3 is 0.750 bits per heavy atom. The van der Waals surface area contributed by atoms with Gasteiger partial charge >= 0.3 is 12.2 Å². The summed E-state index contributed by atoms with van der Waals surface area (Å²) in [5.74, 6) is 0. The van der Waals surface area contributed by atoms with Crippen molar-refractivity contribution in [2.24, 2.45) is 0 Å². The van der Waals surface area contributed by atoms with Gasteiger partial charge in [-0.3, -0.25) is 9.80 Å². The second-order valence-corrected chi connectivity index (χ2v) is 21.2. The largest absolute Gasteiger partial charge is 0.445 e. The molecule has 12 nitrogen and oxygen atoms in total. The summed E-state index contributed by atoms with van der Waals surface area (Å²) in [7, 11) is 0. The Labute approximate surface area is 494 Å². The number of nitrogens with zero attached hydrogens (tertiary/aromatic N) is 2. The lowest BCUT2D eigenvalue weighted by molar-refractivity contribution is -0.0863. The first-order valence-corrected chi connectivity index (χ1v) is 29.0. The lowest BCUT2D eigenvalue weighted by Gasteiger charge is -2.31. The van der Waals surface area contributed by atoms with Gasteiger partial charge in [0.15, 0.2) is 0 Å². The number of carbonyl (C=O) groups excluding carboxylic acids is 2. The van der Waals surface area contributed by atoms with E-state index in [2.05, 4.69) is 12.2 Å². The van der Waals surface area contributed by atoms with Gasteiger partial charge in [-0.25, -0.2) is 9.59 Å². The maximum absolute atomic E-state index is 15.1. The van der Waals surface area contributed by atoms with E-state index in [0.717, 1.165) is 44.5 Å². The van der Waals surface area contributed by atoms with Gasteiger partial charge in [0.1, 0.15) is 37.6 Å². The number of benzene rings is 8. The van der Waals surface area contributed by atoms with Gasteiger partial charge in [-0.15, -0.1) is 0 Å². The van der Waals surface area contributed by atoms with Gasteiger partial charge < -0.3 is 37.9 Å². The fourth-order valence-corrected chi connectivity index (χ4v) is 11.1. The van der Waals surface area contributed by atoms with Crippen LogP contribution in [0.5, 0.6) is 0 Å². The highest BCUT2D eigenvalue weighted by atomic mass is 16.6. The quantitative estimate of drug-likeness (QED) is 0.0439. The molecule has 0 N–H and O–H groups in total. The standard InChI is InChI=1S/C72H74N2O10/c75-71(83-51-61-39-21-7-22-40-61)73-63(67(79-47-57-31-13-3-14-32-57)69(81-49-59-35-17-5-18-36-59)65(73)53-77-45-55-27-9-1-10-28-55)43-25-26-44-64-68(80-48-58-33-15-4-16-34-58)70(82-50-60-37-19-6-20-38-60)66(54-78-46-56-29-11-2-12-30-56)74(64)72(76)84-52-62-41-23-8-24-42-62/h1-42,63-70H,43-54H2/b26-25+/t63-,64+,65-,66-,67-,68+,69-,70-/m1/s1. The van der Waals surface area contributed by atoms with Crippen LogP contribution in [0, 0.1) is 0 Å². The summed E-state index contributed by atoms with van der Waals surface area (Å²) in [6.07, 6.45) is 1.20. The summed E-state index contributed by atoms with van der Waals surface area (Å²) in [6, 6.07) is 76.9. The van der Waals surface area contributed by atoms with Gasteiger partial charge in [-0.2, -0.15) is 0 Å². The van der Waals surface area contributed by atoms with Crippen molar-refractivity contribution >= 4 is 12.2 Å². The van der Waals surface area contributed by atoms with Crippen molar-refractivity contribution in [3.8, 4) is 0 Å². The highest BCUT2D eigenvalue weighted by Crippen LogP contribution is 2.38. The van der Waals surface area contributed by atoms with Crippen LogP contribution in [0.15, 0.2) is 255 Å². The molecule has 0 aliphatic carbocycles. The van der Waals surface area contributed by atoms with Crippen molar-refractivity contribution < 1.29 is 47.5 Å². The topological polar surface area (TPSA) is 114 Å². The van der Waals surface area contributed by atoms with Crippen molar-refractivity contribution in [3.05, 3.63) is 299 Å². The minimum Gasteiger partial charge on any atom is -0.445 e. The molecule has 0 unspecified atom stereocenters. The Morgan fingerprint density at radius 1 is 0.286 bits per heavy atom. The van der Waals surface area contributed by atoms with E-state index in [1.165, 1.54) is 0 Å². The maximum atomic E-state index is 15.1. The molecule has 8 aromatic carbocycles. The third kappa shape index (κ3) is 16.8. The second kappa shape index (κ2) is 31.5. The van der Waals surface area contributed by atoms with Crippen LogP contribution in [-0.4, -0.2) is 83.8 Å². The van der Waals surface area contributed by atoms with E-state index in [4.69, 9.17) is 37.9 Å². The summed E-state index contributed by atoms with van der Waals surface area (Å²) in [4.78, 5) is 33.8. The second-order valence-electron chi connectivity index (χ2n) is 21.2. The Hall–Kier alpha value is -8.20. The van der Waals surface area contributed by atoms with E-state index in [0.29, 0.717) is 26.1 Å². The monoisotopic (exact) mass is 1130 g/mol. The van der Waals surface area contributed by atoms with Crippen LogP contribution < -0.4 is 0 Å². The first-order chi connectivity index (χ1) is 41.5. The first-order valence-electron chi connectivity index (χ1n) is 29.0. The van der Waals surface area contributed by atoms with Gasteiger partial charge in [0.25, 0.3) is 0 Å². The smallest absolute Gasteiger partial charge is 0.410 e. The number of likely N-dealkylation sites (tertiary alicyclic amines) is 2. The fourth-order valence-electron chi connectivity index (χ4n) is 11.1. The lowest BCUT2D eigenvalue weighted by Crippen LogP contribution is -2.46. The molecule has 84 heavy (non-hydrogen) atoms. The fraction of sp³-hybridized carbons (Fsp3) is 0.278. The van der Waals surface area contributed by atoms with E-state index < -0.39 is 60.8 Å². The zero-order chi connectivity index (χ0) is 57.4. The van der Waals surface area contributed by atoms with Crippen LogP contribution in [0.2, 0.25) is 0 Å². The first kappa shape index (κ1) is 59.0. The highest BCUT2D eigenvalue weighted by molar-refractivity contribution is 5.70. The average molecular weight is 1130 g/mol. The van der Waals surface area contributed by atoms with Gasteiger partial charge in [-0.1, -0.05) is 255 Å². The average Bonchev–Trinajstić information content (AvgIpc) is 3.66. The molecule has 0 spiro atoms. The van der Waals surface area contributed by atoms with Crippen molar-refractivity contribution in [1.82, 2.24) is 9.80 Å². The number of hydrogen-bond acceptors (Lipinski definition) is 10. The Bertz CT molecular complexity index is 2970. The minimum absolute atomic E-state index is 0.0629. The van der Waals surface area contributed by atoms with Gasteiger partial charge in [0.05, 0.1) is 77.0 Å². The molecule has 0 saturated carbocycles. The Balaban J connectivity index is 1.00. The van der Waals surface area contributed by atoms with Gasteiger partial charge in [0, 0.05) is 0 Å². The van der Waals surface area contributed by atoms with E-state index in [1.54, 1.807) is 9.80 Å². The number of ether oxygens (including phenoxy) is 8. The molecule has 0 radical (unpaired) electrons. The molecule has 2 aliphatic rings. The summed E-state index contributed by atoms with van der Waals surface area (Å²) >= 11 is 0. The molecule has 2 aliphatic heterocycles. The molecule has 2 heterocycles. The summed E-state index contributed by atoms with van der Waals surface area (Å²) in [6.45, 7) is 2.12. The molecule has 0 aromatic heterocycles. The zero-order valence-corrected chi connectivity index (χ0v) is 47.3. The van der Waals surface area contributed by atoms with Crippen molar-refractivity contribution in [2.45, 2.75) is 114 Å². The van der Waals surface area contributed by atoms with E-state index in [1.807, 2.05) is 243 Å². The number of hydrogen-bond donors (Lipinski definition) is 0. The molecule has 0 bridgehead atoms. The molecule has 2 amide bonds. The normalized spacial score (nSPS) is 20.3. The molecule has 2 saturated heterocycles. The molecule has 432 valence electrons. The van der Waals surface area contributed by atoms with Gasteiger partial charge in [0.2, 0.25) is 0 Å². The number of amides is 2. The van der Waals surface area contributed by atoms with Crippen LogP contribution in [0.1, 0.15) is 57.3 Å². The van der Waals surface area contributed by atoms with Crippen LogP contribution in [0.4, 0.5) is 9.59 Å².